The number of hydrogen-bond acceptors (Lipinski definition) is 5. The minimum absolute atomic E-state index is 0.0661. The van der Waals surface area contributed by atoms with E-state index in [4.69, 9.17) is 11.6 Å². The van der Waals surface area contributed by atoms with Crippen LogP contribution in [-0.4, -0.2) is 30.8 Å². The number of halogens is 1. The van der Waals surface area contributed by atoms with E-state index in [1.807, 2.05) is 28.7 Å². The molecule has 2 aromatic heterocycles. The number of aromatic nitrogens is 4. The average Bonchev–Trinajstić information content (AvgIpc) is 3.20. The fourth-order valence-electron chi connectivity index (χ4n) is 3.41. The number of anilines is 1. The largest absolute Gasteiger partial charge is 0.325 e. The summed E-state index contributed by atoms with van der Waals surface area (Å²) in [4.78, 5) is 25.5. The molecule has 0 fully saturated rings. The molecule has 4 rings (SSSR count). The fourth-order valence-corrected chi connectivity index (χ4v) is 4.27. The van der Waals surface area contributed by atoms with Gasteiger partial charge in [-0.05, 0) is 42.8 Å². The van der Waals surface area contributed by atoms with Crippen molar-refractivity contribution in [1.29, 1.82) is 0 Å². The first-order chi connectivity index (χ1) is 15.1. The van der Waals surface area contributed by atoms with E-state index >= 15 is 0 Å². The number of carbonyl (C=O) groups excluding carboxylic acids is 1. The van der Waals surface area contributed by atoms with Crippen LogP contribution in [0.25, 0.3) is 16.7 Å². The first-order valence-electron chi connectivity index (χ1n) is 10.1. The van der Waals surface area contributed by atoms with Crippen LogP contribution in [0.4, 0.5) is 5.69 Å². The molecular weight excluding hydrogens is 434 g/mol. The first-order valence-corrected chi connectivity index (χ1v) is 11.5. The van der Waals surface area contributed by atoms with E-state index in [1.165, 1.54) is 11.8 Å². The van der Waals surface area contributed by atoms with Gasteiger partial charge >= 0.3 is 0 Å². The Hall–Kier alpha value is -2.84. The molecule has 2 aromatic carbocycles. The molecule has 7 nitrogen and oxygen atoms in total. The van der Waals surface area contributed by atoms with Crippen LogP contribution in [0, 0.1) is 0 Å². The molecule has 4 aromatic rings. The standard InChI is InChI=1S/C22H22ClN5O2S/c1-2-3-6-13-27-20(30)17-7-4-5-8-18(17)28-21(27)25-26-22(28)31-14-19(29)24-16-11-9-15(23)10-12-16/h4-5,7-12H,2-3,6,13-14H2,1H3,(H,24,29). The van der Waals surface area contributed by atoms with E-state index in [2.05, 4.69) is 22.4 Å². The van der Waals surface area contributed by atoms with Crippen LogP contribution in [0.2, 0.25) is 5.02 Å². The van der Waals surface area contributed by atoms with Crippen LogP contribution in [0.1, 0.15) is 26.2 Å². The number of benzene rings is 2. The summed E-state index contributed by atoms with van der Waals surface area (Å²) < 4.78 is 3.55. The number of thioether (sulfide) groups is 1. The van der Waals surface area contributed by atoms with E-state index in [1.54, 1.807) is 28.8 Å². The number of unbranched alkanes of at least 4 members (excludes halogenated alkanes) is 2. The monoisotopic (exact) mass is 455 g/mol. The molecule has 0 bridgehead atoms. The van der Waals surface area contributed by atoms with Gasteiger partial charge in [0.2, 0.25) is 11.7 Å². The molecule has 0 unspecified atom stereocenters. The van der Waals surface area contributed by atoms with E-state index in [0.717, 1.165) is 24.8 Å². The van der Waals surface area contributed by atoms with Crippen molar-refractivity contribution in [3.63, 3.8) is 0 Å². The zero-order valence-electron chi connectivity index (χ0n) is 17.0. The molecule has 0 spiro atoms. The lowest BCUT2D eigenvalue weighted by Gasteiger charge is -2.11. The van der Waals surface area contributed by atoms with Crippen LogP contribution < -0.4 is 10.9 Å². The van der Waals surface area contributed by atoms with Gasteiger partial charge in [0.25, 0.3) is 5.56 Å². The molecule has 0 atom stereocenters. The highest BCUT2D eigenvalue weighted by atomic mass is 35.5. The fraction of sp³-hybridized carbons (Fsp3) is 0.273. The van der Waals surface area contributed by atoms with Gasteiger partial charge in [-0.2, -0.15) is 0 Å². The molecule has 0 aliphatic rings. The number of aryl methyl sites for hydroxylation is 1. The van der Waals surface area contributed by atoms with E-state index < -0.39 is 0 Å². The number of amides is 1. The Kier molecular flexibility index (Phi) is 6.58. The topological polar surface area (TPSA) is 81.3 Å². The lowest BCUT2D eigenvalue weighted by molar-refractivity contribution is -0.113. The summed E-state index contributed by atoms with van der Waals surface area (Å²) in [5.41, 5.74) is 1.35. The number of nitrogens with zero attached hydrogens (tertiary/aromatic N) is 4. The Morgan fingerprint density at radius 3 is 2.65 bits per heavy atom. The molecule has 0 aliphatic carbocycles. The van der Waals surface area contributed by atoms with Gasteiger partial charge in [-0.1, -0.05) is 55.3 Å². The highest BCUT2D eigenvalue weighted by Gasteiger charge is 2.17. The zero-order chi connectivity index (χ0) is 21.8. The maximum absolute atomic E-state index is 13.0. The molecule has 0 saturated heterocycles. The highest BCUT2D eigenvalue weighted by molar-refractivity contribution is 7.99. The first kappa shape index (κ1) is 21.4. The van der Waals surface area contributed by atoms with Crippen LogP contribution in [0.15, 0.2) is 58.5 Å². The smallest absolute Gasteiger partial charge is 0.262 e. The van der Waals surface area contributed by atoms with Crippen LogP contribution >= 0.6 is 23.4 Å². The quantitative estimate of drug-likeness (QED) is 0.309. The van der Waals surface area contributed by atoms with Crippen LogP contribution in [-0.2, 0) is 11.3 Å². The van der Waals surface area contributed by atoms with Gasteiger partial charge in [-0.15, -0.1) is 10.2 Å². The van der Waals surface area contributed by atoms with Crippen molar-refractivity contribution in [2.45, 2.75) is 37.9 Å². The van der Waals surface area contributed by atoms with Crippen molar-refractivity contribution in [2.75, 3.05) is 11.1 Å². The second-order valence-electron chi connectivity index (χ2n) is 7.14. The van der Waals surface area contributed by atoms with Gasteiger partial charge in [-0.3, -0.25) is 18.6 Å². The second-order valence-corrected chi connectivity index (χ2v) is 8.52. The third kappa shape index (κ3) is 4.60. The van der Waals surface area contributed by atoms with Gasteiger partial charge in [-0.25, -0.2) is 0 Å². The molecule has 0 radical (unpaired) electrons. The molecule has 9 heteroatoms. The summed E-state index contributed by atoms with van der Waals surface area (Å²) in [6, 6.07) is 14.4. The Labute approximate surface area is 188 Å². The van der Waals surface area contributed by atoms with Crippen molar-refractivity contribution in [2.24, 2.45) is 0 Å². The third-order valence-electron chi connectivity index (χ3n) is 4.92. The summed E-state index contributed by atoms with van der Waals surface area (Å²) in [6.45, 7) is 2.71. The van der Waals surface area contributed by atoms with E-state index in [0.29, 0.717) is 33.6 Å². The molecule has 1 amide bonds. The maximum Gasteiger partial charge on any atom is 0.262 e. The van der Waals surface area contributed by atoms with Gasteiger partial charge in [0.05, 0.1) is 16.7 Å². The highest BCUT2D eigenvalue weighted by Crippen LogP contribution is 2.22. The number of para-hydroxylation sites is 1. The lowest BCUT2D eigenvalue weighted by Crippen LogP contribution is -2.23. The lowest BCUT2D eigenvalue weighted by atomic mass is 10.2. The van der Waals surface area contributed by atoms with E-state index in [-0.39, 0.29) is 17.2 Å². The van der Waals surface area contributed by atoms with Gasteiger partial charge < -0.3 is 5.32 Å². The van der Waals surface area contributed by atoms with Crippen molar-refractivity contribution < 1.29 is 4.79 Å². The predicted molar refractivity (Wildman–Crippen MR) is 125 cm³/mol. The summed E-state index contributed by atoms with van der Waals surface area (Å²) in [6.07, 6.45) is 2.99. The van der Waals surface area contributed by atoms with Crippen molar-refractivity contribution in [1.82, 2.24) is 19.2 Å². The van der Waals surface area contributed by atoms with Crippen molar-refractivity contribution >= 4 is 51.6 Å². The zero-order valence-corrected chi connectivity index (χ0v) is 18.6. The van der Waals surface area contributed by atoms with Gasteiger partial charge in [0.1, 0.15) is 0 Å². The molecule has 0 saturated carbocycles. The molecule has 160 valence electrons. The van der Waals surface area contributed by atoms with Gasteiger partial charge in [0, 0.05) is 17.3 Å². The van der Waals surface area contributed by atoms with Crippen LogP contribution in [0.5, 0.6) is 0 Å². The Balaban J connectivity index is 1.63. The van der Waals surface area contributed by atoms with Crippen molar-refractivity contribution in [3.8, 4) is 0 Å². The molecule has 31 heavy (non-hydrogen) atoms. The molecule has 1 N–H and O–H groups in total. The third-order valence-corrected chi connectivity index (χ3v) is 6.10. The SMILES string of the molecule is CCCCCn1c(=O)c2ccccc2n2c(SCC(=O)Nc3ccc(Cl)cc3)nnc12. The summed E-state index contributed by atoms with van der Waals surface area (Å²) >= 11 is 7.17. The number of rotatable bonds is 8. The molecule has 2 heterocycles. The number of carbonyl (C=O) groups is 1. The summed E-state index contributed by atoms with van der Waals surface area (Å²) in [5, 5.41) is 13.2. The van der Waals surface area contributed by atoms with E-state index in [9.17, 15) is 9.59 Å². The van der Waals surface area contributed by atoms with Crippen LogP contribution in [0.3, 0.4) is 0 Å². The Morgan fingerprint density at radius 2 is 1.87 bits per heavy atom. The Morgan fingerprint density at radius 1 is 1.10 bits per heavy atom. The minimum atomic E-state index is -0.162. The predicted octanol–water partition coefficient (Wildman–Crippen LogP) is 4.62. The normalized spacial score (nSPS) is 11.3. The summed E-state index contributed by atoms with van der Waals surface area (Å²) in [5.74, 6) is 0.497. The molecular formula is C22H22ClN5O2S. The molecule has 0 aliphatic heterocycles. The Bertz CT molecular complexity index is 1280. The van der Waals surface area contributed by atoms with Gasteiger partial charge in [0.15, 0.2) is 5.16 Å². The number of hydrogen-bond donors (Lipinski definition) is 1. The average molecular weight is 456 g/mol. The summed E-state index contributed by atoms with van der Waals surface area (Å²) in [7, 11) is 0. The second kappa shape index (κ2) is 9.53. The minimum Gasteiger partial charge on any atom is -0.325 e. The van der Waals surface area contributed by atoms with Crippen molar-refractivity contribution in [3.05, 3.63) is 63.9 Å². The number of fused-ring (bicyclic) bond motifs is 3. The number of nitrogens with one attached hydrogen (secondary N) is 1. The maximum atomic E-state index is 13.0.